The topological polar surface area (TPSA) is 57.5 Å². The zero-order valence-corrected chi connectivity index (χ0v) is 11.2. The van der Waals surface area contributed by atoms with E-state index < -0.39 is 17.5 Å². The van der Waals surface area contributed by atoms with Gasteiger partial charge in [0.05, 0.1) is 11.5 Å². The van der Waals surface area contributed by atoms with Crippen LogP contribution in [0.15, 0.2) is 0 Å². The molecule has 2 aliphatic carbocycles. The lowest BCUT2D eigenvalue weighted by atomic mass is 9.69. The van der Waals surface area contributed by atoms with Crippen LogP contribution in [-0.2, 0) is 4.79 Å². The highest BCUT2D eigenvalue weighted by Crippen LogP contribution is 2.42. The largest absolute Gasteiger partial charge is 0.481 e. The van der Waals surface area contributed by atoms with Crippen LogP contribution in [0.4, 0.5) is 0 Å². The first kappa shape index (κ1) is 13.9. The molecular formula is C15H26O3. The Hall–Kier alpha value is -0.570. The molecule has 0 aliphatic heterocycles. The van der Waals surface area contributed by atoms with Gasteiger partial charge in [-0.25, -0.2) is 0 Å². The van der Waals surface area contributed by atoms with Crippen molar-refractivity contribution in [2.75, 3.05) is 0 Å². The lowest BCUT2D eigenvalue weighted by molar-refractivity contribution is -0.159. The zero-order chi connectivity index (χ0) is 13.0. The number of aliphatic hydroxyl groups is 1. The zero-order valence-electron chi connectivity index (χ0n) is 11.2. The number of carbonyl (C=O) groups is 1. The van der Waals surface area contributed by atoms with Gasteiger partial charge in [0.15, 0.2) is 0 Å². The van der Waals surface area contributed by atoms with Gasteiger partial charge in [0.2, 0.25) is 0 Å². The van der Waals surface area contributed by atoms with Crippen molar-refractivity contribution in [3.05, 3.63) is 0 Å². The molecule has 0 saturated heterocycles. The third-order valence-electron chi connectivity index (χ3n) is 4.94. The Morgan fingerprint density at radius 2 is 1.44 bits per heavy atom. The van der Waals surface area contributed by atoms with E-state index in [1.807, 2.05) is 0 Å². The minimum Gasteiger partial charge on any atom is -0.481 e. The van der Waals surface area contributed by atoms with E-state index in [4.69, 9.17) is 0 Å². The van der Waals surface area contributed by atoms with E-state index in [9.17, 15) is 15.0 Å². The Morgan fingerprint density at radius 3 is 1.94 bits per heavy atom. The molecule has 2 saturated carbocycles. The molecule has 2 rings (SSSR count). The molecule has 0 bridgehead atoms. The summed E-state index contributed by atoms with van der Waals surface area (Å²) in [6.45, 7) is 0. The number of rotatable bonds is 3. The molecular weight excluding hydrogens is 228 g/mol. The summed E-state index contributed by atoms with van der Waals surface area (Å²) in [5.41, 5.74) is -0.940. The summed E-state index contributed by atoms with van der Waals surface area (Å²) in [5.74, 6) is -1.11. The number of aliphatic carboxylic acids is 1. The van der Waals surface area contributed by atoms with E-state index in [0.29, 0.717) is 12.8 Å². The van der Waals surface area contributed by atoms with Gasteiger partial charge >= 0.3 is 5.97 Å². The van der Waals surface area contributed by atoms with Gasteiger partial charge in [0.25, 0.3) is 0 Å². The fraction of sp³-hybridized carbons (Fsp3) is 0.933. The first-order chi connectivity index (χ1) is 8.63. The second-order valence-corrected chi connectivity index (χ2v) is 6.23. The quantitative estimate of drug-likeness (QED) is 0.759. The predicted molar refractivity (Wildman–Crippen MR) is 70.4 cm³/mol. The maximum atomic E-state index is 11.7. The first-order valence-corrected chi connectivity index (χ1v) is 7.59. The van der Waals surface area contributed by atoms with Crippen LogP contribution in [0, 0.1) is 11.8 Å². The lowest BCUT2D eigenvalue weighted by Gasteiger charge is -2.39. The van der Waals surface area contributed by atoms with Gasteiger partial charge < -0.3 is 10.2 Å². The first-order valence-electron chi connectivity index (χ1n) is 7.59. The molecule has 2 aliphatic rings. The van der Waals surface area contributed by atoms with Crippen LogP contribution in [-0.4, -0.2) is 21.8 Å². The van der Waals surface area contributed by atoms with Crippen molar-refractivity contribution in [1.29, 1.82) is 0 Å². The third kappa shape index (κ3) is 3.05. The predicted octanol–water partition coefficient (Wildman–Crippen LogP) is 3.35. The van der Waals surface area contributed by atoms with Gasteiger partial charge in [-0.3, -0.25) is 4.79 Å². The van der Waals surface area contributed by atoms with E-state index in [0.717, 1.165) is 51.4 Å². The van der Waals surface area contributed by atoms with Gasteiger partial charge in [-0.05, 0) is 31.6 Å². The minimum atomic E-state index is -0.940. The molecule has 0 aromatic heterocycles. The van der Waals surface area contributed by atoms with Gasteiger partial charge in [-0.2, -0.15) is 0 Å². The van der Waals surface area contributed by atoms with E-state index in [1.165, 1.54) is 6.42 Å². The highest BCUT2D eigenvalue weighted by Gasteiger charge is 2.45. The fourth-order valence-corrected chi connectivity index (χ4v) is 3.99. The second kappa shape index (κ2) is 6.05. The molecule has 2 N–H and O–H groups in total. The maximum Gasteiger partial charge on any atom is 0.309 e. The summed E-state index contributed by atoms with van der Waals surface area (Å²) in [4.78, 5) is 11.7. The summed E-state index contributed by atoms with van der Waals surface area (Å²) in [7, 11) is 0. The molecule has 0 unspecified atom stereocenters. The monoisotopic (exact) mass is 254 g/mol. The van der Waals surface area contributed by atoms with E-state index in [1.54, 1.807) is 0 Å². The molecule has 3 nitrogen and oxygen atoms in total. The van der Waals surface area contributed by atoms with Gasteiger partial charge in [-0.1, -0.05) is 44.9 Å². The molecule has 2 fully saturated rings. The van der Waals surface area contributed by atoms with Crippen molar-refractivity contribution in [2.24, 2.45) is 11.8 Å². The summed E-state index contributed by atoms with van der Waals surface area (Å²) in [6, 6.07) is 0. The Morgan fingerprint density at radius 1 is 0.944 bits per heavy atom. The molecule has 18 heavy (non-hydrogen) atoms. The smallest absolute Gasteiger partial charge is 0.309 e. The molecule has 0 amide bonds. The van der Waals surface area contributed by atoms with Crippen LogP contribution >= 0.6 is 0 Å². The summed E-state index contributed by atoms with van der Waals surface area (Å²) < 4.78 is 0. The highest BCUT2D eigenvalue weighted by atomic mass is 16.4. The highest BCUT2D eigenvalue weighted by molar-refractivity contribution is 5.72. The second-order valence-electron chi connectivity index (χ2n) is 6.23. The molecule has 0 radical (unpaired) electrons. The number of carboxylic acid groups (broad SMARTS) is 1. The average molecular weight is 254 g/mol. The number of hydrogen-bond acceptors (Lipinski definition) is 2. The van der Waals surface area contributed by atoms with Crippen molar-refractivity contribution in [2.45, 2.75) is 76.2 Å². The Labute approximate surface area is 110 Å². The van der Waals surface area contributed by atoms with Crippen molar-refractivity contribution >= 4 is 5.97 Å². The van der Waals surface area contributed by atoms with Crippen molar-refractivity contribution in [3.63, 3.8) is 0 Å². The number of hydrogen-bond donors (Lipinski definition) is 2. The Kier molecular flexibility index (Phi) is 4.66. The maximum absolute atomic E-state index is 11.7. The normalized spacial score (nSPS) is 27.4. The Balaban J connectivity index is 2.13. The molecule has 3 heteroatoms. The lowest BCUT2D eigenvalue weighted by Crippen LogP contribution is -2.46. The SMILES string of the molecule is O=C(O)[C@H](C1CCCCC1)C1(O)CCCCCC1. The van der Waals surface area contributed by atoms with Crippen LogP contribution in [0.2, 0.25) is 0 Å². The summed E-state index contributed by atoms with van der Waals surface area (Å²) in [5, 5.41) is 20.4. The molecule has 0 aromatic rings. The standard InChI is InChI=1S/C15H26O3/c16-14(17)13(12-8-4-3-5-9-12)15(18)10-6-1-2-7-11-15/h12-13,18H,1-11H2,(H,16,17)/t13-/m0/s1. The molecule has 1 atom stereocenters. The van der Waals surface area contributed by atoms with Crippen LogP contribution in [0.5, 0.6) is 0 Å². The van der Waals surface area contributed by atoms with E-state index in [2.05, 4.69) is 0 Å². The Bertz CT molecular complexity index is 273. The number of carboxylic acids is 1. The average Bonchev–Trinajstić information content (AvgIpc) is 2.55. The van der Waals surface area contributed by atoms with Crippen LogP contribution in [0.25, 0.3) is 0 Å². The molecule has 0 aromatic carbocycles. The van der Waals surface area contributed by atoms with Crippen LogP contribution in [0.3, 0.4) is 0 Å². The van der Waals surface area contributed by atoms with Gasteiger partial charge in [-0.15, -0.1) is 0 Å². The van der Waals surface area contributed by atoms with Crippen molar-refractivity contribution in [1.82, 2.24) is 0 Å². The van der Waals surface area contributed by atoms with E-state index in [-0.39, 0.29) is 5.92 Å². The third-order valence-corrected chi connectivity index (χ3v) is 4.94. The van der Waals surface area contributed by atoms with Crippen LogP contribution in [0.1, 0.15) is 70.6 Å². The van der Waals surface area contributed by atoms with Gasteiger partial charge in [0, 0.05) is 0 Å². The molecule has 104 valence electrons. The van der Waals surface area contributed by atoms with E-state index >= 15 is 0 Å². The van der Waals surface area contributed by atoms with Crippen molar-refractivity contribution in [3.8, 4) is 0 Å². The van der Waals surface area contributed by atoms with Gasteiger partial charge in [0.1, 0.15) is 0 Å². The van der Waals surface area contributed by atoms with Crippen LogP contribution < -0.4 is 0 Å². The summed E-state index contributed by atoms with van der Waals surface area (Å²) in [6.07, 6.45) is 11.1. The fourth-order valence-electron chi connectivity index (χ4n) is 3.99. The molecule has 0 spiro atoms. The van der Waals surface area contributed by atoms with Crippen molar-refractivity contribution < 1.29 is 15.0 Å². The summed E-state index contributed by atoms with van der Waals surface area (Å²) >= 11 is 0. The molecule has 0 heterocycles. The minimum absolute atomic E-state index is 0.194.